The summed E-state index contributed by atoms with van der Waals surface area (Å²) in [4.78, 5) is 3.12. The van der Waals surface area contributed by atoms with Crippen LogP contribution in [0.2, 0.25) is 0 Å². The molecular weight excluding hydrogens is 221 g/mol. The molecule has 0 aliphatic heterocycles. The van der Waals surface area contributed by atoms with Gasteiger partial charge in [-0.25, -0.2) is 8.78 Å². The molecule has 0 spiro atoms. The Morgan fingerprint density at radius 3 is 2.50 bits per heavy atom. The Bertz CT molecular complexity index is 373. The second-order valence-electron chi connectivity index (χ2n) is 3.68. The van der Waals surface area contributed by atoms with Crippen molar-refractivity contribution in [3.8, 4) is 0 Å². The third-order valence-corrected chi connectivity index (χ3v) is 2.39. The minimum atomic E-state index is -1.35. The Labute approximate surface area is 91.3 Å². The van der Waals surface area contributed by atoms with Crippen LogP contribution in [0, 0.1) is 23.5 Å². The summed E-state index contributed by atoms with van der Waals surface area (Å²) in [5, 5.41) is 11.4. The molecule has 0 amide bonds. The maximum atomic E-state index is 13.2. The van der Waals surface area contributed by atoms with E-state index >= 15 is 0 Å². The Balaban J connectivity index is 2.85. The summed E-state index contributed by atoms with van der Waals surface area (Å²) in [7, 11) is 0. The second kappa shape index (κ2) is 5.16. The molecule has 2 atom stereocenters. The van der Waals surface area contributed by atoms with E-state index in [4.69, 9.17) is 5.11 Å². The van der Waals surface area contributed by atoms with E-state index in [1.165, 1.54) is 0 Å². The van der Waals surface area contributed by atoms with Crippen molar-refractivity contribution in [2.75, 3.05) is 11.9 Å². The first-order chi connectivity index (χ1) is 7.45. The lowest BCUT2D eigenvalue weighted by atomic mass is 10.1. The quantitative estimate of drug-likeness (QED) is 0.782. The molecule has 0 fully saturated rings. The van der Waals surface area contributed by atoms with E-state index in [1.54, 1.807) is 13.8 Å². The van der Waals surface area contributed by atoms with E-state index in [0.29, 0.717) is 6.07 Å². The van der Waals surface area contributed by atoms with Crippen LogP contribution in [-0.2, 0) is 0 Å². The van der Waals surface area contributed by atoms with Crippen LogP contribution in [-0.4, -0.2) is 22.7 Å². The largest absolute Gasteiger partial charge is 0.396 e. The highest BCUT2D eigenvalue weighted by Crippen LogP contribution is 2.17. The van der Waals surface area contributed by atoms with Gasteiger partial charge in [0.15, 0.2) is 17.5 Å². The number of hydrogen-bond acceptors (Lipinski definition) is 3. The van der Waals surface area contributed by atoms with Gasteiger partial charge in [0, 0.05) is 18.7 Å². The van der Waals surface area contributed by atoms with Gasteiger partial charge in [-0.2, -0.15) is 9.37 Å². The molecular formula is C10H13F3N2O. The maximum Gasteiger partial charge on any atom is 0.251 e. The first kappa shape index (κ1) is 12.8. The number of halogens is 3. The highest BCUT2D eigenvalue weighted by atomic mass is 19.2. The molecule has 0 saturated carbocycles. The third kappa shape index (κ3) is 2.85. The molecule has 6 heteroatoms. The molecule has 1 rings (SSSR count). The molecule has 0 bridgehead atoms. The Morgan fingerprint density at radius 1 is 1.31 bits per heavy atom. The van der Waals surface area contributed by atoms with E-state index in [1.807, 2.05) is 0 Å². The third-order valence-electron chi connectivity index (χ3n) is 2.39. The number of nitrogens with zero attached hydrogens (tertiary/aromatic N) is 1. The molecule has 2 unspecified atom stereocenters. The predicted octanol–water partition coefficient (Wildman–Crippen LogP) is 1.93. The normalized spacial score (nSPS) is 14.6. The highest BCUT2D eigenvalue weighted by molar-refractivity contribution is 5.37. The van der Waals surface area contributed by atoms with Crippen molar-refractivity contribution in [1.82, 2.24) is 4.98 Å². The fourth-order valence-corrected chi connectivity index (χ4v) is 1.06. The zero-order chi connectivity index (χ0) is 12.3. The second-order valence-corrected chi connectivity index (χ2v) is 3.68. The van der Waals surface area contributed by atoms with Crippen LogP contribution >= 0.6 is 0 Å². The van der Waals surface area contributed by atoms with Gasteiger partial charge in [-0.15, -0.1) is 0 Å². The molecule has 2 N–H and O–H groups in total. The number of aliphatic hydroxyl groups is 1. The zero-order valence-electron chi connectivity index (χ0n) is 8.97. The van der Waals surface area contributed by atoms with Crippen molar-refractivity contribution in [1.29, 1.82) is 0 Å². The molecule has 1 heterocycles. The highest BCUT2D eigenvalue weighted by Gasteiger charge is 2.16. The van der Waals surface area contributed by atoms with Crippen molar-refractivity contribution in [2.24, 2.45) is 5.92 Å². The standard InChI is InChI=1S/C10H13F3N2O/c1-5(4-16)6(2)14-10-8(12)3-7(11)9(13)15-10/h3,5-6,16H,4H2,1-2H3,(H,14,15). The molecule has 0 aliphatic carbocycles. The average Bonchev–Trinajstić information content (AvgIpc) is 2.24. The van der Waals surface area contributed by atoms with Crippen molar-refractivity contribution < 1.29 is 18.3 Å². The molecule has 16 heavy (non-hydrogen) atoms. The number of hydrogen-bond donors (Lipinski definition) is 2. The van der Waals surface area contributed by atoms with Crippen molar-refractivity contribution in [2.45, 2.75) is 19.9 Å². The van der Waals surface area contributed by atoms with Gasteiger partial charge in [0.1, 0.15) is 0 Å². The van der Waals surface area contributed by atoms with Crippen LogP contribution in [0.25, 0.3) is 0 Å². The lowest BCUT2D eigenvalue weighted by Crippen LogP contribution is -2.27. The lowest BCUT2D eigenvalue weighted by molar-refractivity contribution is 0.226. The summed E-state index contributed by atoms with van der Waals surface area (Å²) >= 11 is 0. The summed E-state index contributed by atoms with van der Waals surface area (Å²) in [6, 6.07) is 0.123. The van der Waals surface area contributed by atoms with Crippen LogP contribution in [0.3, 0.4) is 0 Å². The number of nitrogens with one attached hydrogen (secondary N) is 1. The minimum absolute atomic E-state index is 0.0978. The van der Waals surface area contributed by atoms with Crippen LogP contribution < -0.4 is 5.32 Å². The van der Waals surface area contributed by atoms with Crippen LogP contribution in [0.4, 0.5) is 19.0 Å². The monoisotopic (exact) mass is 234 g/mol. The first-order valence-corrected chi connectivity index (χ1v) is 4.84. The SMILES string of the molecule is CC(CO)C(C)Nc1nc(F)c(F)cc1F. The molecule has 0 aromatic carbocycles. The Kier molecular flexibility index (Phi) is 4.12. The molecule has 1 aromatic heterocycles. The topological polar surface area (TPSA) is 45.1 Å². The van der Waals surface area contributed by atoms with E-state index in [2.05, 4.69) is 10.3 Å². The number of pyridine rings is 1. The van der Waals surface area contributed by atoms with Gasteiger partial charge >= 0.3 is 0 Å². The smallest absolute Gasteiger partial charge is 0.251 e. The zero-order valence-corrected chi connectivity index (χ0v) is 8.97. The molecule has 0 radical (unpaired) electrons. The van der Waals surface area contributed by atoms with Gasteiger partial charge in [0.05, 0.1) is 0 Å². The van der Waals surface area contributed by atoms with Gasteiger partial charge < -0.3 is 10.4 Å². The van der Waals surface area contributed by atoms with E-state index in [0.717, 1.165) is 0 Å². The predicted molar refractivity (Wildman–Crippen MR) is 53.4 cm³/mol. The molecule has 0 saturated heterocycles. The fourth-order valence-electron chi connectivity index (χ4n) is 1.06. The summed E-state index contributed by atoms with van der Waals surface area (Å²) in [6.45, 7) is 3.32. The summed E-state index contributed by atoms with van der Waals surface area (Å²) in [6.07, 6.45) is 0. The summed E-state index contributed by atoms with van der Waals surface area (Å²) in [5.41, 5.74) is 0. The molecule has 90 valence electrons. The number of anilines is 1. The fraction of sp³-hybridized carbons (Fsp3) is 0.500. The van der Waals surface area contributed by atoms with Gasteiger partial charge in [0.25, 0.3) is 5.95 Å². The molecule has 3 nitrogen and oxygen atoms in total. The van der Waals surface area contributed by atoms with Gasteiger partial charge in [-0.05, 0) is 12.8 Å². The maximum absolute atomic E-state index is 13.2. The van der Waals surface area contributed by atoms with Crippen molar-refractivity contribution in [3.63, 3.8) is 0 Å². The number of aromatic nitrogens is 1. The summed E-state index contributed by atoms with van der Waals surface area (Å²) in [5.74, 6) is -4.16. The Hall–Kier alpha value is -1.30. The van der Waals surface area contributed by atoms with E-state index in [-0.39, 0.29) is 24.4 Å². The van der Waals surface area contributed by atoms with E-state index < -0.39 is 17.6 Å². The Morgan fingerprint density at radius 2 is 1.94 bits per heavy atom. The van der Waals surface area contributed by atoms with E-state index in [9.17, 15) is 13.2 Å². The van der Waals surface area contributed by atoms with Gasteiger partial charge in [-0.1, -0.05) is 6.92 Å². The first-order valence-electron chi connectivity index (χ1n) is 4.84. The molecule has 1 aromatic rings. The molecule has 0 aliphatic rings. The van der Waals surface area contributed by atoms with Crippen molar-refractivity contribution in [3.05, 3.63) is 23.6 Å². The minimum Gasteiger partial charge on any atom is -0.396 e. The van der Waals surface area contributed by atoms with Crippen LogP contribution in [0.5, 0.6) is 0 Å². The number of rotatable bonds is 4. The van der Waals surface area contributed by atoms with Crippen LogP contribution in [0.15, 0.2) is 6.07 Å². The van der Waals surface area contributed by atoms with Crippen molar-refractivity contribution >= 4 is 5.82 Å². The summed E-state index contributed by atoms with van der Waals surface area (Å²) < 4.78 is 38.5. The average molecular weight is 234 g/mol. The lowest BCUT2D eigenvalue weighted by Gasteiger charge is -2.20. The van der Waals surface area contributed by atoms with Gasteiger partial charge in [-0.3, -0.25) is 0 Å². The number of aliphatic hydroxyl groups excluding tert-OH is 1. The van der Waals surface area contributed by atoms with Gasteiger partial charge in [0.2, 0.25) is 0 Å². The van der Waals surface area contributed by atoms with Crippen LogP contribution in [0.1, 0.15) is 13.8 Å².